The SMILES string of the molecule is c1ccc(-c2nc(-c3ccc4c(c3)sc3ccccc34)nc(-c3ccccc3-c3ccc(-c4cccc5c4-c4ccccc4C54c5ccccc5-c5ccccc54)cc3)n2)cc1. The van der Waals surface area contributed by atoms with E-state index in [0.717, 1.165) is 27.8 Å². The molecule has 2 heterocycles. The normalized spacial score (nSPS) is 13.0. The summed E-state index contributed by atoms with van der Waals surface area (Å²) < 4.78 is 2.49. The third-order valence-electron chi connectivity index (χ3n) is 13.0. The zero-order valence-electron chi connectivity index (χ0n) is 33.5. The molecule has 0 saturated carbocycles. The average molecular weight is 806 g/mol. The van der Waals surface area contributed by atoms with Gasteiger partial charge in [0.15, 0.2) is 17.5 Å². The Hall–Kier alpha value is -7.79. The van der Waals surface area contributed by atoms with Crippen molar-refractivity contribution in [1.29, 1.82) is 0 Å². The zero-order valence-corrected chi connectivity index (χ0v) is 34.3. The Kier molecular flexibility index (Phi) is 7.69. The maximum Gasteiger partial charge on any atom is 0.164 e. The van der Waals surface area contributed by atoms with Crippen LogP contribution < -0.4 is 0 Å². The predicted octanol–water partition coefficient (Wildman–Crippen LogP) is 14.9. The van der Waals surface area contributed by atoms with Crippen molar-refractivity contribution in [3.63, 3.8) is 0 Å². The van der Waals surface area contributed by atoms with Gasteiger partial charge in [-0.1, -0.05) is 200 Å². The van der Waals surface area contributed by atoms with Crippen LogP contribution in [-0.2, 0) is 5.41 Å². The number of hydrogen-bond donors (Lipinski definition) is 0. The summed E-state index contributed by atoms with van der Waals surface area (Å²) in [5, 5.41) is 2.52. The lowest BCUT2D eigenvalue weighted by atomic mass is 9.70. The summed E-state index contributed by atoms with van der Waals surface area (Å²) >= 11 is 1.80. The molecule has 9 aromatic carbocycles. The van der Waals surface area contributed by atoms with Gasteiger partial charge in [-0.2, -0.15) is 0 Å². The highest BCUT2D eigenvalue weighted by atomic mass is 32.1. The average Bonchev–Trinajstić information content (AvgIpc) is 3.98. The number of nitrogens with zero attached hydrogens (tertiary/aromatic N) is 3. The summed E-state index contributed by atoms with van der Waals surface area (Å²) in [6.07, 6.45) is 0. The van der Waals surface area contributed by atoms with E-state index in [1.807, 2.05) is 18.2 Å². The number of thiophene rings is 1. The van der Waals surface area contributed by atoms with Crippen molar-refractivity contribution in [2.45, 2.75) is 5.41 Å². The first-order chi connectivity index (χ1) is 30.7. The summed E-state index contributed by atoms with van der Waals surface area (Å²) in [7, 11) is 0. The van der Waals surface area contributed by atoms with Gasteiger partial charge in [0.05, 0.1) is 5.41 Å². The molecule has 2 aliphatic carbocycles. The number of rotatable bonds is 5. The van der Waals surface area contributed by atoms with Gasteiger partial charge in [-0.15, -0.1) is 11.3 Å². The molecule has 13 rings (SSSR count). The topological polar surface area (TPSA) is 38.7 Å². The van der Waals surface area contributed by atoms with Crippen LogP contribution in [0, 0.1) is 0 Å². The van der Waals surface area contributed by atoms with Gasteiger partial charge >= 0.3 is 0 Å². The molecule has 2 aromatic heterocycles. The molecule has 4 heteroatoms. The predicted molar refractivity (Wildman–Crippen MR) is 256 cm³/mol. The number of aromatic nitrogens is 3. The van der Waals surface area contributed by atoms with Crippen LogP contribution in [0.15, 0.2) is 212 Å². The third-order valence-corrected chi connectivity index (χ3v) is 14.1. The minimum Gasteiger partial charge on any atom is -0.208 e. The smallest absolute Gasteiger partial charge is 0.164 e. The Bertz CT molecular complexity index is 3540. The second kappa shape index (κ2) is 13.6. The second-order valence-corrected chi connectivity index (χ2v) is 17.3. The fourth-order valence-electron chi connectivity index (χ4n) is 10.4. The van der Waals surface area contributed by atoms with Crippen molar-refractivity contribution < 1.29 is 0 Å². The fraction of sp³-hybridized carbons (Fsp3) is 0.0172. The summed E-state index contributed by atoms with van der Waals surface area (Å²) in [6, 6.07) is 76.8. The lowest BCUT2D eigenvalue weighted by molar-refractivity contribution is 0.794. The Morgan fingerprint density at radius 3 is 1.50 bits per heavy atom. The molecular weight excluding hydrogens is 771 g/mol. The van der Waals surface area contributed by atoms with E-state index >= 15 is 0 Å². The van der Waals surface area contributed by atoms with E-state index in [1.165, 1.54) is 75.8 Å². The molecule has 0 unspecified atom stereocenters. The van der Waals surface area contributed by atoms with Crippen LogP contribution in [0.2, 0.25) is 0 Å². The van der Waals surface area contributed by atoms with Crippen LogP contribution >= 0.6 is 11.3 Å². The van der Waals surface area contributed by atoms with Crippen LogP contribution in [0.1, 0.15) is 22.3 Å². The van der Waals surface area contributed by atoms with E-state index in [9.17, 15) is 0 Å². The van der Waals surface area contributed by atoms with E-state index in [2.05, 4.69) is 194 Å². The fourth-order valence-corrected chi connectivity index (χ4v) is 11.5. The van der Waals surface area contributed by atoms with E-state index in [-0.39, 0.29) is 5.41 Å². The Balaban J connectivity index is 0.933. The van der Waals surface area contributed by atoms with Gasteiger partial charge in [-0.3, -0.25) is 0 Å². The maximum absolute atomic E-state index is 5.22. The molecule has 3 nitrogen and oxygen atoms in total. The molecule has 62 heavy (non-hydrogen) atoms. The standard InChI is InChI=1S/C58H35N3S/c1-2-15-38(16-3-1)55-59-56(39-33-34-45-44-20-9-13-28-52(44)62-53(45)35-39)61-57(60-55)46-21-5-4-17-40(46)36-29-31-37(32-30-36)41-23-14-27-51-54(41)47-22-8-12-26-50(47)58(51)48-24-10-6-18-42(48)43-19-7-11-25-49(43)58/h1-35H. The molecule has 0 N–H and O–H groups in total. The van der Waals surface area contributed by atoms with Crippen molar-refractivity contribution in [1.82, 2.24) is 15.0 Å². The molecule has 0 amide bonds. The molecule has 0 bridgehead atoms. The number of fused-ring (bicyclic) bond motifs is 13. The molecular formula is C58H35N3S. The van der Waals surface area contributed by atoms with Crippen molar-refractivity contribution in [2.24, 2.45) is 0 Å². The monoisotopic (exact) mass is 805 g/mol. The van der Waals surface area contributed by atoms with Crippen LogP contribution in [0.4, 0.5) is 0 Å². The Morgan fingerprint density at radius 2 is 0.774 bits per heavy atom. The molecule has 0 aliphatic heterocycles. The van der Waals surface area contributed by atoms with Crippen molar-refractivity contribution >= 4 is 31.5 Å². The first kappa shape index (κ1) is 35.0. The van der Waals surface area contributed by atoms with E-state index in [4.69, 9.17) is 15.0 Å². The Labute approximate surface area is 363 Å². The minimum atomic E-state index is -0.375. The largest absolute Gasteiger partial charge is 0.208 e. The van der Waals surface area contributed by atoms with Gasteiger partial charge in [0.2, 0.25) is 0 Å². The van der Waals surface area contributed by atoms with Crippen molar-refractivity contribution in [2.75, 3.05) is 0 Å². The lowest BCUT2D eigenvalue weighted by Crippen LogP contribution is -2.25. The quantitative estimate of drug-likeness (QED) is 0.174. The van der Waals surface area contributed by atoms with E-state index < -0.39 is 0 Å². The third kappa shape index (κ3) is 5.08. The van der Waals surface area contributed by atoms with Crippen molar-refractivity contribution in [3.8, 4) is 78.7 Å². The lowest BCUT2D eigenvalue weighted by Gasteiger charge is -2.30. The Morgan fingerprint density at radius 1 is 0.290 bits per heavy atom. The molecule has 0 fully saturated rings. The molecule has 288 valence electrons. The summed E-state index contributed by atoms with van der Waals surface area (Å²) in [5.74, 6) is 1.95. The van der Waals surface area contributed by atoms with Crippen molar-refractivity contribution in [3.05, 3.63) is 235 Å². The molecule has 11 aromatic rings. The van der Waals surface area contributed by atoms with Crippen LogP contribution in [-0.4, -0.2) is 15.0 Å². The second-order valence-electron chi connectivity index (χ2n) is 16.2. The van der Waals surface area contributed by atoms with Crippen LogP contribution in [0.25, 0.3) is 98.8 Å². The number of hydrogen-bond acceptors (Lipinski definition) is 4. The summed E-state index contributed by atoms with van der Waals surface area (Å²) in [4.78, 5) is 15.5. The van der Waals surface area contributed by atoms with Gasteiger partial charge in [0, 0.05) is 36.9 Å². The highest BCUT2D eigenvalue weighted by Gasteiger charge is 2.51. The number of benzene rings is 9. The highest BCUT2D eigenvalue weighted by Crippen LogP contribution is 2.64. The van der Waals surface area contributed by atoms with Gasteiger partial charge < -0.3 is 0 Å². The molecule has 2 aliphatic rings. The van der Waals surface area contributed by atoms with Gasteiger partial charge in [0.25, 0.3) is 0 Å². The molecule has 0 radical (unpaired) electrons. The molecule has 0 saturated heterocycles. The zero-order chi connectivity index (χ0) is 40.8. The minimum absolute atomic E-state index is 0.375. The van der Waals surface area contributed by atoms with Crippen LogP contribution in [0.5, 0.6) is 0 Å². The summed E-state index contributed by atoms with van der Waals surface area (Å²) in [6.45, 7) is 0. The summed E-state index contributed by atoms with van der Waals surface area (Å²) in [5.41, 5.74) is 17.7. The first-order valence-corrected chi connectivity index (χ1v) is 21.9. The van der Waals surface area contributed by atoms with Gasteiger partial charge in [0.1, 0.15) is 0 Å². The van der Waals surface area contributed by atoms with Gasteiger partial charge in [-0.25, -0.2) is 15.0 Å². The maximum atomic E-state index is 5.22. The van der Waals surface area contributed by atoms with E-state index in [1.54, 1.807) is 11.3 Å². The molecule has 0 atom stereocenters. The van der Waals surface area contributed by atoms with Crippen LogP contribution in [0.3, 0.4) is 0 Å². The highest BCUT2D eigenvalue weighted by molar-refractivity contribution is 7.25. The van der Waals surface area contributed by atoms with Gasteiger partial charge in [-0.05, 0) is 78.9 Å². The van der Waals surface area contributed by atoms with E-state index in [0.29, 0.717) is 17.5 Å². The molecule has 1 spiro atoms. The first-order valence-electron chi connectivity index (χ1n) is 21.1.